The van der Waals surface area contributed by atoms with Gasteiger partial charge in [-0.15, -0.1) is 0 Å². The molecule has 0 spiro atoms. The monoisotopic (exact) mass is 294 g/mol. The third kappa shape index (κ3) is 3.27. The Bertz CT molecular complexity index is 702. The minimum absolute atomic E-state index is 0.131. The first-order valence-electron chi connectivity index (χ1n) is 6.14. The average Bonchev–Trinajstić information content (AvgIpc) is 2.39. The molecule has 0 saturated heterocycles. The van der Waals surface area contributed by atoms with Crippen LogP contribution in [0.4, 0.5) is 15.8 Å². The predicted octanol–water partition coefficient (Wildman–Crippen LogP) is 3.06. The first-order valence-corrected chi connectivity index (χ1v) is 7.62. The van der Waals surface area contributed by atoms with E-state index in [1.165, 1.54) is 24.3 Å². The minimum atomic E-state index is -3.76. The summed E-state index contributed by atoms with van der Waals surface area (Å²) in [4.78, 5) is 0.131. The van der Waals surface area contributed by atoms with Gasteiger partial charge in [0.2, 0.25) is 0 Å². The highest BCUT2D eigenvalue weighted by atomic mass is 32.2. The summed E-state index contributed by atoms with van der Waals surface area (Å²) in [5.74, 6) is -0.495. The maximum Gasteiger partial charge on any atom is 0.263 e. The minimum Gasteiger partial charge on any atom is -0.384 e. The molecule has 0 heterocycles. The SMILES string of the molecule is CCNc1ccccc1S(=O)(=O)Nc1cccc(F)c1. The van der Waals surface area contributed by atoms with E-state index in [1.807, 2.05) is 6.92 Å². The van der Waals surface area contributed by atoms with Crippen LogP contribution in [0.15, 0.2) is 53.4 Å². The normalized spacial score (nSPS) is 11.1. The maximum absolute atomic E-state index is 13.1. The first kappa shape index (κ1) is 14.3. The molecule has 2 aromatic carbocycles. The van der Waals surface area contributed by atoms with Gasteiger partial charge in [0.05, 0.1) is 11.4 Å². The van der Waals surface area contributed by atoms with E-state index in [-0.39, 0.29) is 10.6 Å². The van der Waals surface area contributed by atoms with Crippen LogP contribution in [0.1, 0.15) is 6.92 Å². The third-order valence-electron chi connectivity index (χ3n) is 2.62. The second-order valence-electron chi connectivity index (χ2n) is 4.14. The second-order valence-corrected chi connectivity index (χ2v) is 5.79. The average molecular weight is 294 g/mol. The van der Waals surface area contributed by atoms with Crippen LogP contribution in [-0.2, 0) is 10.0 Å². The molecule has 6 heteroatoms. The van der Waals surface area contributed by atoms with Gasteiger partial charge in [0, 0.05) is 6.54 Å². The second kappa shape index (κ2) is 5.92. The van der Waals surface area contributed by atoms with Crippen molar-refractivity contribution in [2.75, 3.05) is 16.6 Å². The number of para-hydroxylation sites is 1. The number of hydrogen-bond acceptors (Lipinski definition) is 3. The molecular formula is C14H15FN2O2S. The van der Waals surface area contributed by atoms with Gasteiger partial charge in [0.25, 0.3) is 10.0 Å². The number of nitrogens with one attached hydrogen (secondary N) is 2. The summed E-state index contributed by atoms with van der Waals surface area (Å²) < 4.78 is 40.1. The predicted molar refractivity (Wildman–Crippen MR) is 77.8 cm³/mol. The van der Waals surface area contributed by atoms with Crippen molar-refractivity contribution in [1.29, 1.82) is 0 Å². The van der Waals surface area contributed by atoms with Crippen molar-refractivity contribution < 1.29 is 12.8 Å². The highest BCUT2D eigenvalue weighted by Gasteiger charge is 2.18. The molecule has 0 aliphatic carbocycles. The molecule has 2 N–H and O–H groups in total. The van der Waals surface area contributed by atoms with Crippen LogP contribution in [0.2, 0.25) is 0 Å². The number of halogens is 1. The van der Waals surface area contributed by atoms with Crippen molar-refractivity contribution in [1.82, 2.24) is 0 Å². The van der Waals surface area contributed by atoms with Crippen LogP contribution in [0, 0.1) is 5.82 Å². The lowest BCUT2D eigenvalue weighted by molar-refractivity contribution is 0.601. The van der Waals surface area contributed by atoms with Crippen LogP contribution >= 0.6 is 0 Å². The number of benzene rings is 2. The topological polar surface area (TPSA) is 58.2 Å². The van der Waals surface area contributed by atoms with Gasteiger partial charge in [-0.05, 0) is 37.3 Å². The van der Waals surface area contributed by atoms with E-state index in [1.54, 1.807) is 18.2 Å². The molecule has 2 rings (SSSR count). The van der Waals surface area contributed by atoms with Gasteiger partial charge >= 0.3 is 0 Å². The van der Waals surface area contributed by atoms with E-state index in [4.69, 9.17) is 0 Å². The van der Waals surface area contributed by atoms with E-state index < -0.39 is 15.8 Å². The molecule has 106 valence electrons. The number of sulfonamides is 1. The number of hydrogen-bond donors (Lipinski definition) is 2. The summed E-state index contributed by atoms with van der Waals surface area (Å²) in [7, 11) is -3.76. The molecule has 0 amide bonds. The van der Waals surface area contributed by atoms with Gasteiger partial charge in [0.15, 0.2) is 0 Å². The molecule has 4 nitrogen and oxygen atoms in total. The van der Waals surface area contributed by atoms with Gasteiger partial charge in [-0.2, -0.15) is 0 Å². The van der Waals surface area contributed by atoms with Crippen molar-refractivity contribution in [2.45, 2.75) is 11.8 Å². The Morgan fingerprint density at radius 3 is 2.55 bits per heavy atom. The smallest absolute Gasteiger partial charge is 0.263 e. The zero-order chi connectivity index (χ0) is 14.6. The Morgan fingerprint density at radius 2 is 1.85 bits per heavy atom. The lowest BCUT2D eigenvalue weighted by atomic mass is 10.3. The number of rotatable bonds is 5. The molecule has 0 saturated carbocycles. The van der Waals surface area contributed by atoms with Crippen molar-refractivity contribution in [3.63, 3.8) is 0 Å². The van der Waals surface area contributed by atoms with Gasteiger partial charge < -0.3 is 5.32 Å². The summed E-state index contributed by atoms with van der Waals surface area (Å²) >= 11 is 0. The highest BCUT2D eigenvalue weighted by Crippen LogP contribution is 2.23. The Balaban J connectivity index is 2.36. The van der Waals surface area contributed by atoms with Crippen LogP contribution in [0.5, 0.6) is 0 Å². The maximum atomic E-state index is 13.1. The van der Waals surface area contributed by atoms with Gasteiger partial charge in [-0.3, -0.25) is 4.72 Å². The van der Waals surface area contributed by atoms with Crippen LogP contribution in [-0.4, -0.2) is 15.0 Å². The largest absolute Gasteiger partial charge is 0.384 e. The van der Waals surface area contributed by atoms with Gasteiger partial charge in [-0.1, -0.05) is 18.2 Å². The van der Waals surface area contributed by atoms with Crippen molar-refractivity contribution in [3.8, 4) is 0 Å². The van der Waals surface area contributed by atoms with E-state index in [2.05, 4.69) is 10.0 Å². The zero-order valence-corrected chi connectivity index (χ0v) is 11.7. The Hall–Kier alpha value is -2.08. The Kier molecular flexibility index (Phi) is 4.24. The van der Waals surface area contributed by atoms with Gasteiger partial charge in [0.1, 0.15) is 10.7 Å². The van der Waals surface area contributed by atoms with E-state index >= 15 is 0 Å². The van der Waals surface area contributed by atoms with Crippen LogP contribution in [0.3, 0.4) is 0 Å². The third-order valence-corrected chi connectivity index (χ3v) is 4.06. The molecular weight excluding hydrogens is 279 g/mol. The molecule has 0 unspecified atom stereocenters. The molecule has 0 bridgehead atoms. The molecule has 0 radical (unpaired) electrons. The molecule has 0 aliphatic heterocycles. The summed E-state index contributed by atoms with van der Waals surface area (Å²) in [6.07, 6.45) is 0. The molecule has 2 aromatic rings. The highest BCUT2D eigenvalue weighted by molar-refractivity contribution is 7.92. The first-order chi connectivity index (χ1) is 9.53. The van der Waals surface area contributed by atoms with E-state index in [0.717, 1.165) is 6.07 Å². The fraction of sp³-hybridized carbons (Fsp3) is 0.143. The van der Waals surface area contributed by atoms with Crippen molar-refractivity contribution in [3.05, 3.63) is 54.3 Å². The fourth-order valence-electron chi connectivity index (χ4n) is 1.80. The Morgan fingerprint density at radius 1 is 1.10 bits per heavy atom. The fourth-order valence-corrected chi connectivity index (χ4v) is 3.03. The molecule has 20 heavy (non-hydrogen) atoms. The van der Waals surface area contributed by atoms with E-state index in [9.17, 15) is 12.8 Å². The summed E-state index contributed by atoms with van der Waals surface area (Å²) in [5, 5.41) is 2.99. The van der Waals surface area contributed by atoms with Gasteiger partial charge in [-0.25, -0.2) is 12.8 Å². The summed E-state index contributed by atoms with van der Waals surface area (Å²) in [5.41, 5.74) is 0.704. The summed E-state index contributed by atoms with van der Waals surface area (Å²) in [6, 6.07) is 11.9. The molecule has 0 aliphatic rings. The van der Waals surface area contributed by atoms with Crippen molar-refractivity contribution in [2.24, 2.45) is 0 Å². The standard InChI is InChI=1S/C14H15FN2O2S/c1-2-16-13-8-3-4-9-14(13)20(18,19)17-12-7-5-6-11(15)10-12/h3-10,16-17H,2H2,1H3. The lowest BCUT2D eigenvalue weighted by Crippen LogP contribution is -2.15. The molecule has 0 atom stereocenters. The Labute approximate surface area is 117 Å². The molecule has 0 aromatic heterocycles. The molecule has 0 fully saturated rings. The van der Waals surface area contributed by atoms with Crippen LogP contribution < -0.4 is 10.0 Å². The zero-order valence-electron chi connectivity index (χ0n) is 10.9. The van der Waals surface area contributed by atoms with E-state index in [0.29, 0.717) is 12.2 Å². The summed E-state index contributed by atoms with van der Waals surface area (Å²) in [6.45, 7) is 2.48. The number of anilines is 2. The van der Waals surface area contributed by atoms with Crippen molar-refractivity contribution >= 4 is 21.4 Å². The van der Waals surface area contributed by atoms with Crippen LogP contribution in [0.25, 0.3) is 0 Å². The lowest BCUT2D eigenvalue weighted by Gasteiger charge is -2.12. The quantitative estimate of drug-likeness (QED) is 0.891.